The number of fused-ring (bicyclic) bond motifs is 1. The van der Waals surface area contributed by atoms with E-state index in [0.717, 1.165) is 46.6 Å². The van der Waals surface area contributed by atoms with Gasteiger partial charge in [0.2, 0.25) is 0 Å². The van der Waals surface area contributed by atoms with E-state index in [2.05, 4.69) is 0 Å². The van der Waals surface area contributed by atoms with Crippen LogP contribution < -0.4 is 15.4 Å². The maximum atomic E-state index is 11.2. The lowest BCUT2D eigenvalue weighted by Crippen LogP contribution is -2.43. The number of rotatable bonds is 2. The second-order valence-corrected chi connectivity index (χ2v) is 5.44. The van der Waals surface area contributed by atoms with Crippen LogP contribution >= 0.6 is 11.3 Å². The van der Waals surface area contributed by atoms with Crippen molar-refractivity contribution in [2.24, 2.45) is 5.73 Å². The molecule has 0 aliphatic heterocycles. The molecule has 0 radical (unpaired) electrons. The summed E-state index contributed by atoms with van der Waals surface area (Å²) in [6, 6.07) is 3.69. The van der Waals surface area contributed by atoms with Crippen molar-refractivity contribution in [1.29, 1.82) is 0 Å². The van der Waals surface area contributed by atoms with Gasteiger partial charge in [-0.1, -0.05) is 11.3 Å². The lowest BCUT2D eigenvalue weighted by molar-refractivity contribution is 0.244. The van der Waals surface area contributed by atoms with Crippen molar-refractivity contribution in [3.63, 3.8) is 0 Å². The fourth-order valence-electron chi connectivity index (χ4n) is 2.29. The molecule has 2 N–H and O–H groups in total. The van der Waals surface area contributed by atoms with Crippen LogP contribution in [0.3, 0.4) is 0 Å². The fourth-order valence-corrected chi connectivity index (χ4v) is 2.96. The standard InChI is InChI=1S/C12H13NO3S/c1-15-8-6-10-9(16-11(14)17-10)5-7(8)12(13)3-2-4-12/h5-6H,2-4,13H2,1H3. The zero-order chi connectivity index (χ0) is 12.0. The van der Waals surface area contributed by atoms with Gasteiger partial charge < -0.3 is 14.9 Å². The van der Waals surface area contributed by atoms with E-state index in [1.54, 1.807) is 7.11 Å². The van der Waals surface area contributed by atoms with Gasteiger partial charge in [0.05, 0.1) is 11.8 Å². The number of hydrogen-bond acceptors (Lipinski definition) is 5. The van der Waals surface area contributed by atoms with E-state index in [0.29, 0.717) is 5.58 Å². The normalized spacial score (nSPS) is 18.0. The molecule has 1 aliphatic carbocycles. The van der Waals surface area contributed by atoms with E-state index in [1.807, 2.05) is 12.1 Å². The van der Waals surface area contributed by atoms with Gasteiger partial charge in [-0.2, -0.15) is 0 Å². The molecule has 0 unspecified atom stereocenters. The average Bonchev–Trinajstić information content (AvgIpc) is 2.63. The van der Waals surface area contributed by atoms with Gasteiger partial charge in [0.15, 0.2) is 0 Å². The maximum Gasteiger partial charge on any atom is 0.396 e. The summed E-state index contributed by atoms with van der Waals surface area (Å²) in [5, 5.41) is 0. The van der Waals surface area contributed by atoms with Gasteiger partial charge in [0.1, 0.15) is 11.3 Å². The van der Waals surface area contributed by atoms with Crippen LogP contribution in [-0.4, -0.2) is 7.11 Å². The van der Waals surface area contributed by atoms with Gasteiger partial charge in [0.25, 0.3) is 0 Å². The fraction of sp³-hybridized carbons (Fsp3) is 0.417. The van der Waals surface area contributed by atoms with Gasteiger partial charge in [-0.05, 0) is 25.3 Å². The Morgan fingerprint density at radius 1 is 1.47 bits per heavy atom. The van der Waals surface area contributed by atoms with Gasteiger partial charge in [-0.3, -0.25) is 0 Å². The highest BCUT2D eigenvalue weighted by Gasteiger charge is 2.37. The first-order chi connectivity index (χ1) is 8.12. The molecule has 1 aliphatic rings. The molecule has 1 aromatic carbocycles. The van der Waals surface area contributed by atoms with Crippen molar-refractivity contribution < 1.29 is 9.15 Å². The molecular formula is C12H13NO3S. The molecule has 0 atom stereocenters. The Bertz CT molecular complexity index is 624. The largest absolute Gasteiger partial charge is 0.496 e. The van der Waals surface area contributed by atoms with Crippen LogP contribution in [0.2, 0.25) is 0 Å². The van der Waals surface area contributed by atoms with E-state index >= 15 is 0 Å². The summed E-state index contributed by atoms with van der Waals surface area (Å²) in [6.07, 6.45) is 3.03. The summed E-state index contributed by atoms with van der Waals surface area (Å²) >= 11 is 1.08. The molecule has 1 aromatic heterocycles. The molecule has 5 heteroatoms. The third kappa shape index (κ3) is 1.57. The van der Waals surface area contributed by atoms with Crippen LogP contribution in [0.1, 0.15) is 24.8 Å². The minimum absolute atomic E-state index is 0.293. The third-order valence-corrected chi connectivity index (χ3v) is 4.22. The SMILES string of the molecule is COc1cc2sc(=O)oc2cc1C1(N)CCC1. The quantitative estimate of drug-likeness (QED) is 0.888. The van der Waals surface area contributed by atoms with Crippen molar-refractivity contribution in [2.45, 2.75) is 24.8 Å². The van der Waals surface area contributed by atoms with Gasteiger partial charge in [-0.25, -0.2) is 4.79 Å². The Hall–Kier alpha value is -1.33. The van der Waals surface area contributed by atoms with Crippen molar-refractivity contribution >= 4 is 21.6 Å². The van der Waals surface area contributed by atoms with Gasteiger partial charge in [-0.15, -0.1) is 0 Å². The molecule has 17 heavy (non-hydrogen) atoms. The second kappa shape index (κ2) is 3.58. The van der Waals surface area contributed by atoms with E-state index in [4.69, 9.17) is 14.9 Å². The summed E-state index contributed by atoms with van der Waals surface area (Å²) < 4.78 is 11.3. The van der Waals surface area contributed by atoms with Crippen molar-refractivity contribution in [3.05, 3.63) is 27.4 Å². The van der Waals surface area contributed by atoms with Gasteiger partial charge >= 0.3 is 4.94 Å². The van der Waals surface area contributed by atoms with Crippen LogP contribution in [0.15, 0.2) is 21.3 Å². The van der Waals surface area contributed by atoms with Crippen LogP contribution in [0.25, 0.3) is 10.3 Å². The number of hydrogen-bond donors (Lipinski definition) is 1. The van der Waals surface area contributed by atoms with E-state index in [1.165, 1.54) is 0 Å². The molecule has 90 valence electrons. The summed E-state index contributed by atoms with van der Waals surface area (Å²) in [5.41, 5.74) is 7.53. The van der Waals surface area contributed by atoms with Crippen molar-refractivity contribution in [1.82, 2.24) is 0 Å². The smallest absolute Gasteiger partial charge is 0.396 e. The Labute approximate surface area is 102 Å². The highest BCUT2D eigenvalue weighted by molar-refractivity contribution is 7.16. The molecule has 3 rings (SSSR count). The Kier molecular flexibility index (Phi) is 2.27. The molecule has 1 heterocycles. The Morgan fingerprint density at radius 2 is 2.24 bits per heavy atom. The third-order valence-electron chi connectivity index (χ3n) is 3.43. The Balaban J connectivity index is 2.24. The number of methoxy groups -OCH3 is 1. The first kappa shape index (κ1) is 10.8. The lowest BCUT2D eigenvalue weighted by Gasteiger charge is -2.39. The molecule has 1 fully saturated rings. The summed E-state index contributed by atoms with van der Waals surface area (Å²) in [7, 11) is 1.62. The van der Waals surface area contributed by atoms with Crippen LogP contribution in [0.4, 0.5) is 0 Å². The first-order valence-corrected chi connectivity index (χ1v) is 6.35. The first-order valence-electron chi connectivity index (χ1n) is 5.53. The van der Waals surface area contributed by atoms with Crippen molar-refractivity contribution in [2.75, 3.05) is 7.11 Å². The highest BCUT2D eigenvalue weighted by Crippen LogP contribution is 2.44. The van der Waals surface area contributed by atoms with Crippen LogP contribution in [0, 0.1) is 0 Å². The van der Waals surface area contributed by atoms with Crippen LogP contribution in [-0.2, 0) is 5.54 Å². The molecule has 0 amide bonds. The van der Waals surface area contributed by atoms with E-state index in [-0.39, 0.29) is 10.5 Å². The maximum absolute atomic E-state index is 11.2. The molecule has 1 saturated carbocycles. The highest BCUT2D eigenvalue weighted by atomic mass is 32.1. The summed E-state index contributed by atoms with van der Waals surface area (Å²) in [5.74, 6) is 0.747. The topological polar surface area (TPSA) is 65.5 Å². The number of ether oxygens (including phenoxy) is 1. The molecule has 0 bridgehead atoms. The van der Waals surface area contributed by atoms with E-state index in [9.17, 15) is 4.79 Å². The van der Waals surface area contributed by atoms with Crippen molar-refractivity contribution in [3.8, 4) is 5.75 Å². The molecule has 0 saturated heterocycles. The number of benzene rings is 1. The van der Waals surface area contributed by atoms with Gasteiger partial charge in [0, 0.05) is 17.2 Å². The summed E-state index contributed by atoms with van der Waals surface area (Å²) in [6.45, 7) is 0. The minimum Gasteiger partial charge on any atom is -0.496 e. The molecular weight excluding hydrogens is 238 g/mol. The lowest BCUT2D eigenvalue weighted by atomic mass is 9.72. The van der Waals surface area contributed by atoms with Crippen LogP contribution in [0.5, 0.6) is 5.75 Å². The molecule has 0 spiro atoms. The second-order valence-electron chi connectivity index (χ2n) is 4.46. The predicted molar refractivity (Wildman–Crippen MR) is 66.6 cm³/mol. The molecule has 4 nitrogen and oxygen atoms in total. The minimum atomic E-state index is -0.319. The van der Waals surface area contributed by atoms with E-state index < -0.39 is 0 Å². The zero-order valence-electron chi connectivity index (χ0n) is 9.49. The average molecular weight is 251 g/mol. The monoisotopic (exact) mass is 251 g/mol. The zero-order valence-corrected chi connectivity index (χ0v) is 10.3. The predicted octanol–water partition coefficient (Wildman–Crippen LogP) is 2.20. The molecule has 2 aromatic rings. The Morgan fingerprint density at radius 3 is 2.82 bits per heavy atom. The number of nitrogens with two attached hydrogens (primary N) is 1. The summed E-state index contributed by atoms with van der Waals surface area (Å²) in [4.78, 5) is 10.9.